The van der Waals surface area contributed by atoms with Crippen molar-refractivity contribution in [2.75, 3.05) is 37.0 Å². The quantitative estimate of drug-likeness (QED) is 0.253. The third kappa shape index (κ3) is 7.26. The predicted molar refractivity (Wildman–Crippen MR) is 106 cm³/mol. The number of hydrogen-bond donors (Lipinski definition) is 1. The minimum absolute atomic E-state index is 0.470. The molecule has 138 valence electrons. The molecule has 0 aliphatic carbocycles. The number of thiol groups is 1. The highest BCUT2D eigenvalue weighted by atomic mass is 32.2. The van der Waals surface area contributed by atoms with Crippen molar-refractivity contribution < 1.29 is 8.85 Å². The summed E-state index contributed by atoms with van der Waals surface area (Å²) in [5.74, 6) is 1.63. The molecule has 0 spiro atoms. The molecular formula is C15H30N4O2S2Si. The van der Waals surface area contributed by atoms with Gasteiger partial charge in [-0.25, -0.2) is 0 Å². The van der Waals surface area contributed by atoms with Crippen LogP contribution < -0.4 is 4.90 Å². The maximum atomic E-state index is 5.87. The van der Waals surface area contributed by atoms with Crippen molar-refractivity contribution in [3.63, 3.8) is 0 Å². The summed E-state index contributed by atoms with van der Waals surface area (Å²) in [6, 6.07) is 0.976. The van der Waals surface area contributed by atoms with Crippen LogP contribution in [0.5, 0.6) is 0 Å². The fraction of sp³-hybridized carbons (Fsp3) is 0.800. The fourth-order valence-electron chi connectivity index (χ4n) is 2.40. The third-order valence-electron chi connectivity index (χ3n) is 3.54. The summed E-state index contributed by atoms with van der Waals surface area (Å²) in [5, 5.41) is 1.20. The molecule has 6 nitrogen and oxygen atoms in total. The molecule has 0 radical (unpaired) electrons. The number of rotatable bonds is 12. The SMILES string of the molecule is CCO[Si](C)(CCCSc1nc(S)nc(N(CC)CC)n1)OCC. The van der Waals surface area contributed by atoms with Crippen LogP contribution in [0.4, 0.5) is 5.95 Å². The number of nitrogens with zero attached hydrogens (tertiary/aromatic N) is 4. The summed E-state index contributed by atoms with van der Waals surface area (Å²) in [6.07, 6.45) is 1.02. The van der Waals surface area contributed by atoms with Crippen LogP contribution in [0, 0.1) is 0 Å². The first-order valence-electron chi connectivity index (χ1n) is 8.58. The molecule has 1 heterocycles. The average Bonchev–Trinajstić information content (AvgIpc) is 2.53. The number of thioether (sulfide) groups is 1. The molecule has 9 heteroatoms. The van der Waals surface area contributed by atoms with E-state index in [1.165, 1.54) is 0 Å². The Balaban J connectivity index is 2.58. The summed E-state index contributed by atoms with van der Waals surface area (Å²) >= 11 is 5.94. The molecule has 0 saturated carbocycles. The second-order valence-electron chi connectivity index (χ2n) is 5.34. The Kier molecular flexibility index (Phi) is 10.2. The molecule has 24 heavy (non-hydrogen) atoms. The van der Waals surface area contributed by atoms with E-state index in [0.29, 0.717) is 24.3 Å². The molecule has 0 fully saturated rings. The van der Waals surface area contributed by atoms with Crippen LogP contribution in [0.15, 0.2) is 10.3 Å². The van der Waals surface area contributed by atoms with E-state index < -0.39 is 8.56 Å². The maximum absolute atomic E-state index is 5.87. The summed E-state index contributed by atoms with van der Waals surface area (Å²) in [6.45, 7) is 13.5. The maximum Gasteiger partial charge on any atom is 0.334 e. The molecule has 0 amide bonds. The first kappa shape index (κ1) is 21.7. The highest BCUT2D eigenvalue weighted by Crippen LogP contribution is 2.22. The summed E-state index contributed by atoms with van der Waals surface area (Å²) < 4.78 is 11.7. The van der Waals surface area contributed by atoms with E-state index in [4.69, 9.17) is 8.85 Å². The molecule has 0 atom stereocenters. The number of hydrogen-bond acceptors (Lipinski definition) is 8. The second kappa shape index (κ2) is 11.3. The standard InChI is InChI=1S/C15H30N4O2S2Si/c1-6-19(7-2)13-16-14(22)18-15(17-13)23-11-10-12-24(5,20-8-3)21-9-4/h6-12H2,1-5H3,(H,16,17,18,22). The van der Waals surface area contributed by atoms with Crippen LogP contribution in [-0.4, -0.2) is 55.6 Å². The lowest BCUT2D eigenvalue weighted by atomic mass is 10.5. The van der Waals surface area contributed by atoms with Gasteiger partial charge in [-0.05, 0) is 46.7 Å². The van der Waals surface area contributed by atoms with Gasteiger partial charge in [-0.1, -0.05) is 11.8 Å². The average molecular weight is 391 g/mol. The Morgan fingerprint density at radius 1 is 1.04 bits per heavy atom. The van der Waals surface area contributed by atoms with Crippen molar-refractivity contribution in [2.24, 2.45) is 0 Å². The van der Waals surface area contributed by atoms with Crippen molar-refractivity contribution in [3.05, 3.63) is 0 Å². The lowest BCUT2D eigenvalue weighted by molar-refractivity contribution is 0.189. The number of aromatic nitrogens is 3. The van der Waals surface area contributed by atoms with Crippen molar-refractivity contribution in [3.8, 4) is 0 Å². The van der Waals surface area contributed by atoms with Gasteiger partial charge in [-0.3, -0.25) is 0 Å². The largest absolute Gasteiger partial charge is 0.395 e. The highest BCUT2D eigenvalue weighted by Gasteiger charge is 2.29. The van der Waals surface area contributed by atoms with Gasteiger partial charge in [-0.2, -0.15) is 15.0 Å². The highest BCUT2D eigenvalue weighted by molar-refractivity contribution is 7.99. The molecular weight excluding hydrogens is 360 g/mol. The Bertz CT molecular complexity index is 487. The van der Waals surface area contributed by atoms with Crippen molar-refractivity contribution >= 4 is 38.9 Å². The number of anilines is 1. The monoisotopic (exact) mass is 390 g/mol. The molecule has 1 aromatic heterocycles. The van der Waals surface area contributed by atoms with Gasteiger partial charge in [0.2, 0.25) is 5.95 Å². The topological polar surface area (TPSA) is 60.4 Å². The van der Waals surface area contributed by atoms with E-state index in [0.717, 1.165) is 36.5 Å². The van der Waals surface area contributed by atoms with Crippen LogP contribution in [0.2, 0.25) is 12.6 Å². The zero-order valence-electron chi connectivity index (χ0n) is 15.4. The molecule has 0 N–H and O–H groups in total. The van der Waals surface area contributed by atoms with Gasteiger partial charge in [0.15, 0.2) is 10.3 Å². The van der Waals surface area contributed by atoms with Crippen LogP contribution in [0.25, 0.3) is 0 Å². The normalized spacial score (nSPS) is 11.8. The molecule has 0 unspecified atom stereocenters. The summed E-state index contributed by atoms with van der Waals surface area (Å²) in [5.41, 5.74) is 0. The van der Waals surface area contributed by atoms with Crippen molar-refractivity contribution in [1.29, 1.82) is 0 Å². The first-order valence-corrected chi connectivity index (χ1v) is 12.5. The van der Waals surface area contributed by atoms with Crippen LogP contribution in [0.1, 0.15) is 34.1 Å². The molecule has 1 aromatic rings. The predicted octanol–water partition coefficient (Wildman–Crippen LogP) is 3.63. The zero-order chi connectivity index (χ0) is 18.0. The lowest BCUT2D eigenvalue weighted by Crippen LogP contribution is -2.38. The van der Waals surface area contributed by atoms with Gasteiger partial charge < -0.3 is 13.8 Å². The minimum Gasteiger partial charge on any atom is -0.395 e. The molecule has 1 rings (SSSR count). The van der Waals surface area contributed by atoms with Crippen LogP contribution in [0.3, 0.4) is 0 Å². The lowest BCUT2D eigenvalue weighted by Gasteiger charge is -2.25. The van der Waals surface area contributed by atoms with E-state index in [2.05, 4.69) is 52.9 Å². The van der Waals surface area contributed by atoms with Crippen LogP contribution in [-0.2, 0) is 8.85 Å². The van der Waals surface area contributed by atoms with Gasteiger partial charge in [0.1, 0.15) is 0 Å². The zero-order valence-corrected chi connectivity index (χ0v) is 18.1. The van der Waals surface area contributed by atoms with Crippen molar-refractivity contribution in [2.45, 2.75) is 57.0 Å². The van der Waals surface area contributed by atoms with Gasteiger partial charge in [-0.15, -0.1) is 12.6 Å². The van der Waals surface area contributed by atoms with E-state index in [9.17, 15) is 0 Å². The van der Waals surface area contributed by atoms with Crippen LogP contribution >= 0.6 is 24.4 Å². The Morgan fingerprint density at radius 3 is 2.21 bits per heavy atom. The van der Waals surface area contributed by atoms with E-state index in [1.807, 2.05) is 13.8 Å². The first-order chi connectivity index (χ1) is 11.5. The second-order valence-corrected chi connectivity index (χ2v) is 10.1. The van der Waals surface area contributed by atoms with Gasteiger partial charge in [0, 0.05) is 32.1 Å². The molecule has 0 aromatic carbocycles. The van der Waals surface area contributed by atoms with Gasteiger partial charge in [0.05, 0.1) is 0 Å². The molecule has 0 bridgehead atoms. The summed E-state index contributed by atoms with van der Waals surface area (Å²) in [7, 11) is -2.03. The van der Waals surface area contributed by atoms with Crippen molar-refractivity contribution in [1.82, 2.24) is 15.0 Å². The Labute approximate surface area is 156 Å². The van der Waals surface area contributed by atoms with E-state index in [-0.39, 0.29) is 0 Å². The minimum atomic E-state index is -2.03. The van der Waals surface area contributed by atoms with E-state index in [1.54, 1.807) is 11.8 Å². The Morgan fingerprint density at radius 2 is 1.67 bits per heavy atom. The molecule has 0 aliphatic heterocycles. The molecule has 0 aliphatic rings. The fourth-order valence-corrected chi connectivity index (χ4v) is 6.09. The summed E-state index contributed by atoms with van der Waals surface area (Å²) in [4.78, 5) is 15.3. The van der Waals surface area contributed by atoms with Gasteiger partial charge >= 0.3 is 8.56 Å². The molecule has 0 saturated heterocycles. The van der Waals surface area contributed by atoms with E-state index >= 15 is 0 Å². The van der Waals surface area contributed by atoms with Gasteiger partial charge in [0.25, 0.3) is 0 Å². The smallest absolute Gasteiger partial charge is 0.334 e. The Hall–Kier alpha value is -0.353. The third-order valence-corrected chi connectivity index (χ3v) is 7.74.